The molecule has 0 amide bonds. The van der Waals surface area contributed by atoms with Gasteiger partial charge in [0.25, 0.3) is 0 Å². The van der Waals surface area contributed by atoms with Gasteiger partial charge >= 0.3 is 5.97 Å². The third-order valence-corrected chi connectivity index (χ3v) is 2.28. The second-order valence-corrected chi connectivity index (χ2v) is 3.31. The van der Waals surface area contributed by atoms with Gasteiger partial charge in [0.15, 0.2) is 0 Å². The van der Waals surface area contributed by atoms with E-state index in [1.165, 1.54) is 13.2 Å². The lowest BCUT2D eigenvalue weighted by atomic mass is 10.2. The van der Waals surface area contributed by atoms with Crippen molar-refractivity contribution in [3.05, 3.63) is 28.0 Å². The van der Waals surface area contributed by atoms with E-state index >= 15 is 0 Å². The monoisotopic (exact) mass is 254 g/mol. The van der Waals surface area contributed by atoms with E-state index in [-0.39, 0.29) is 12.1 Å². The molecule has 0 radical (unpaired) electrons. The van der Waals surface area contributed by atoms with Gasteiger partial charge in [-0.15, -0.1) is 0 Å². The summed E-state index contributed by atoms with van der Waals surface area (Å²) < 4.78 is 5.22. The molecule has 72 valence electrons. The predicted molar refractivity (Wildman–Crippen MR) is 52.6 cm³/mol. The van der Waals surface area contributed by atoms with E-state index in [2.05, 4.69) is 25.7 Å². The van der Waals surface area contributed by atoms with Crippen molar-refractivity contribution < 1.29 is 9.53 Å². The summed E-state index contributed by atoms with van der Waals surface area (Å²) >= 11 is 3.24. The zero-order valence-electron chi connectivity index (χ0n) is 7.45. The Morgan fingerprint density at radius 2 is 2.43 bits per heavy atom. The number of nitriles is 1. The van der Waals surface area contributed by atoms with E-state index in [9.17, 15) is 4.79 Å². The molecule has 0 aliphatic heterocycles. The highest BCUT2D eigenvalue weighted by Crippen LogP contribution is 2.15. The van der Waals surface area contributed by atoms with Crippen LogP contribution in [0.15, 0.2) is 16.6 Å². The second-order valence-electron chi connectivity index (χ2n) is 2.45. The largest absolute Gasteiger partial charge is 0.464 e. The van der Waals surface area contributed by atoms with Crippen molar-refractivity contribution in [2.24, 2.45) is 0 Å². The number of esters is 1. The van der Waals surface area contributed by atoms with Gasteiger partial charge in [-0.3, -0.25) is 0 Å². The summed E-state index contributed by atoms with van der Waals surface area (Å²) in [5, 5.41) is 8.50. The van der Waals surface area contributed by atoms with Crippen LogP contribution < -0.4 is 0 Å². The zero-order valence-corrected chi connectivity index (χ0v) is 9.04. The van der Waals surface area contributed by atoms with Crippen molar-refractivity contribution in [3.8, 4) is 6.07 Å². The van der Waals surface area contributed by atoms with Gasteiger partial charge < -0.3 is 4.74 Å². The first kappa shape index (κ1) is 10.7. The van der Waals surface area contributed by atoms with E-state index < -0.39 is 5.97 Å². The Bertz CT molecular complexity index is 398. The summed E-state index contributed by atoms with van der Waals surface area (Å²) in [5.74, 6) is -0.503. The van der Waals surface area contributed by atoms with Crippen LogP contribution in [0.3, 0.4) is 0 Å². The number of rotatable bonds is 2. The number of aromatic nitrogens is 1. The van der Waals surface area contributed by atoms with Crippen molar-refractivity contribution in [2.75, 3.05) is 7.11 Å². The molecule has 0 saturated carbocycles. The molecule has 0 unspecified atom stereocenters. The molecule has 4 nitrogen and oxygen atoms in total. The minimum Gasteiger partial charge on any atom is -0.464 e. The summed E-state index contributed by atoms with van der Waals surface area (Å²) in [6, 6.07) is 5.18. The molecule has 0 fully saturated rings. The van der Waals surface area contributed by atoms with Crippen LogP contribution in [0.1, 0.15) is 16.2 Å². The number of carbonyl (C=O) groups excluding carboxylic acids is 1. The maximum Gasteiger partial charge on any atom is 0.356 e. The van der Waals surface area contributed by atoms with Crippen LogP contribution in [0.25, 0.3) is 0 Å². The Hall–Kier alpha value is -1.41. The number of nitrogens with zero attached hydrogens (tertiary/aromatic N) is 2. The fourth-order valence-corrected chi connectivity index (χ4v) is 1.26. The first-order chi connectivity index (χ1) is 6.69. The SMILES string of the molecule is COC(=O)c1ccc(Br)c(CC#N)n1. The van der Waals surface area contributed by atoms with Crippen LogP contribution in [0, 0.1) is 11.3 Å². The molecule has 0 saturated heterocycles. The summed E-state index contributed by atoms with van der Waals surface area (Å²) in [7, 11) is 1.29. The molecule has 14 heavy (non-hydrogen) atoms. The normalized spacial score (nSPS) is 9.21. The first-order valence-electron chi connectivity index (χ1n) is 3.79. The Labute approximate surface area is 89.6 Å². The standard InChI is InChI=1S/C9H7BrN2O2/c1-14-9(13)8-3-2-6(10)7(12-8)4-5-11/h2-3H,4H2,1H3. The number of carbonyl (C=O) groups is 1. The lowest BCUT2D eigenvalue weighted by molar-refractivity contribution is 0.0593. The van der Waals surface area contributed by atoms with Crippen LogP contribution in [0.2, 0.25) is 0 Å². The Morgan fingerprint density at radius 1 is 1.71 bits per heavy atom. The molecule has 0 spiro atoms. The third kappa shape index (κ3) is 2.30. The quantitative estimate of drug-likeness (QED) is 0.754. The molecule has 0 aliphatic rings. The minimum absolute atomic E-state index is 0.158. The number of hydrogen-bond acceptors (Lipinski definition) is 4. The summed E-state index contributed by atoms with van der Waals surface area (Å²) in [4.78, 5) is 15.1. The molecule has 0 bridgehead atoms. The van der Waals surface area contributed by atoms with Crippen LogP contribution in [-0.2, 0) is 11.2 Å². The van der Waals surface area contributed by atoms with E-state index in [0.717, 1.165) is 0 Å². The van der Waals surface area contributed by atoms with Crippen LogP contribution >= 0.6 is 15.9 Å². The number of hydrogen-bond donors (Lipinski definition) is 0. The zero-order chi connectivity index (χ0) is 10.6. The summed E-state index contributed by atoms with van der Waals surface area (Å²) in [5.41, 5.74) is 0.747. The van der Waals surface area contributed by atoms with Gasteiger partial charge in [0.2, 0.25) is 0 Å². The molecular weight excluding hydrogens is 248 g/mol. The van der Waals surface area contributed by atoms with E-state index in [4.69, 9.17) is 5.26 Å². The van der Waals surface area contributed by atoms with Gasteiger partial charge in [-0.05, 0) is 28.1 Å². The van der Waals surface area contributed by atoms with Gasteiger partial charge in [-0.2, -0.15) is 5.26 Å². The maximum atomic E-state index is 11.1. The number of pyridine rings is 1. The highest BCUT2D eigenvalue weighted by atomic mass is 79.9. The van der Waals surface area contributed by atoms with E-state index in [1.807, 2.05) is 6.07 Å². The average Bonchev–Trinajstić information content (AvgIpc) is 2.20. The Kier molecular flexibility index (Phi) is 3.60. The smallest absolute Gasteiger partial charge is 0.356 e. The Balaban J connectivity index is 3.07. The van der Waals surface area contributed by atoms with Gasteiger partial charge in [0, 0.05) is 4.47 Å². The molecule has 0 aliphatic carbocycles. The van der Waals surface area contributed by atoms with Crippen LogP contribution in [0.5, 0.6) is 0 Å². The first-order valence-corrected chi connectivity index (χ1v) is 4.59. The molecule has 0 N–H and O–H groups in total. The highest BCUT2D eigenvalue weighted by Gasteiger charge is 2.09. The molecule has 5 heteroatoms. The number of ether oxygens (including phenoxy) is 1. The molecule has 1 heterocycles. The predicted octanol–water partition coefficient (Wildman–Crippen LogP) is 1.70. The summed E-state index contributed by atoms with van der Waals surface area (Å²) in [6.07, 6.45) is 0.158. The highest BCUT2D eigenvalue weighted by molar-refractivity contribution is 9.10. The fourth-order valence-electron chi connectivity index (χ4n) is 0.901. The van der Waals surface area contributed by atoms with Gasteiger partial charge in [0.05, 0.1) is 25.3 Å². The molecule has 0 atom stereocenters. The van der Waals surface area contributed by atoms with Crippen molar-refractivity contribution >= 4 is 21.9 Å². The molecular formula is C9H7BrN2O2. The fraction of sp³-hybridized carbons (Fsp3) is 0.222. The van der Waals surface area contributed by atoms with Crippen LogP contribution in [-0.4, -0.2) is 18.1 Å². The molecule has 1 aromatic rings. The maximum absolute atomic E-state index is 11.1. The lowest BCUT2D eigenvalue weighted by Crippen LogP contribution is -2.06. The van der Waals surface area contributed by atoms with Gasteiger partial charge in [-0.1, -0.05) is 0 Å². The van der Waals surface area contributed by atoms with Crippen molar-refractivity contribution in [1.82, 2.24) is 4.98 Å². The lowest BCUT2D eigenvalue weighted by Gasteiger charge is -2.02. The van der Waals surface area contributed by atoms with Crippen LogP contribution in [0.4, 0.5) is 0 Å². The van der Waals surface area contributed by atoms with Gasteiger partial charge in [-0.25, -0.2) is 9.78 Å². The number of methoxy groups -OCH3 is 1. The van der Waals surface area contributed by atoms with E-state index in [1.54, 1.807) is 6.07 Å². The van der Waals surface area contributed by atoms with Gasteiger partial charge in [0.1, 0.15) is 5.69 Å². The Morgan fingerprint density at radius 3 is 3.00 bits per heavy atom. The minimum atomic E-state index is -0.503. The van der Waals surface area contributed by atoms with Crippen molar-refractivity contribution in [1.29, 1.82) is 5.26 Å². The topological polar surface area (TPSA) is 63.0 Å². The third-order valence-electron chi connectivity index (χ3n) is 1.56. The second kappa shape index (κ2) is 4.72. The van der Waals surface area contributed by atoms with Crippen molar-refractivity contribution in [3.63, 3.8) is 0 Å². The summed E-state index contributed by atoms with van der Waals surface area (Å²) in [6.45, 7) is 0. The average molecular weight is 255 g/mol. The molecule has 1 aromatic heterocycles. The van der Waals surface area contributed by atoms with Crippen molar-refractivity contribution in [2.45, 2.75) is 6.42 Å². The molecule has 1 rings (SSSR count). The molecule has 0 aromatic carbocycles. The number of halogens is 1. The van der Waals surface area contributed by atoms with E-state index in [0.29, 0.717) is 10.2 Å².